The molecule has 0 saturated heterocycles. The smallest absolute Gasteiger partial charge is 0.416 e. The highest BCUT2D eigenvalue weighted by molar-refractivity contribution is 8.00. The number of rotatable bonds is 6. The zero-order chi connectivity index (χ0) is 23.5. The summed E-state index contributed by atoms with van der Waals surface area (Å²) in [6, 6.07) is 26.0. The number of nitrogens with one attached hydrogen (secondary N) is 1. The number of benzene rings is 3. The highest BCUT2D eigenvalue weighted by atomic mass is 32.2. The summed E-state index contributed by atoms with van der Waals surface area (Å²) >= 11 is 1.10. The van der Waals surface area contributed by atoms with Crippen LogP contribution in [0.2, 0.25) is 0 Å². The minimum atomic E-state index is -4.37. The van der Waals surface area contributed by atoms with Crippen molar-refractivity contribution in [3.05, 3.63) is 109 Å². The average Bonchev–Trinajstić information content (AvgIpc) is 3.27. The van der Waals surface area contributed by atoms with E-state index in [1.54, 1.807) is 12.1 Å². The predicted molar refractivity (Wildman–Crippen MR) is 128 cm³/mol. The average molecular weight is 478 g/mol. The van der Waals surface area contributed by atoms with E-state index in [0.717, 1.165) is 41.0 Å². The third-order valence-electron chi connectivity index (χ3n) is 5.02. The van der Waals surface area contributed by atoms with Gasteiger partial charge in [0.05, 0.1) is 11.3 Å². The molecule has 0 radical (unpaired) electrons. The number of ether oxygens (including phenoxy) is 1. The van der Waals surface area contributed by atoms with Crippen molar-refractivity contribution in [2.45, 2.75) is 11.1 Å². The molecule has 0 bridgehead atoms. The Hall–Kier alpha value is -3.91. The molecular formula is C26H18F3N3OS. The number of hydrogen-bond donors (Lipinski definition) is 1. The Bertz CT molecular complexity index is 1430. The van der Waals surface area contributed by atoms with Crippen molar-refractivity contribution in [1.29, 1.82) is 0 Å². The fourth-order valence-electron chi connectivity index (χ4n) is 3.39. The van der Waals surface area contributed by atoms with Gasteiger partial charge in [-0.1, -0.05) is 42.5 Å². The molecule has 34 heavy (non-hydrogen) atoms. The first-order chi connectivity index (χ1) is 16.4. The van der Waals surface area contributed by atoms with E-state index in [1.165, 1.54) is 6.07 Å². The molecule has 0 spiro atoms. The Morgan fingerprint density at radius 1 is 0.824 bits per heavy atom. The molecule has 0 fully saturated rings. The first-order valence-electron chi connectivity index (χ1n) is 10.4. The Kier molecular flexibility index (Phi) is 5.90. The van der Waals surface area contributed by atoms with Crippen LogP contribution in [0, 0.1) is 0 Å². The van der Waals surface area contributed by atoms with Gasteiger partial charge in [-0.05, 0) is 48.3 Å². The molecule has 2 aromatic heterocycles. The second-order valence-corrected chi connectivity index (χ2v) is 8.36. The second-order valence-electron chi connectivity index (χ2n) is 7.48. The van der Waals surface area contributed by atoms with E-state index in [0.29, 0.717) is 22.1 Å². The largest absolute Gasteiger partial charge is 0.457 e. The first kappa shape index (κ1) is 21.9. The lowest BCUT2D eigenvalue weighted by atomic mass is 10.2. The minimum absolute atomic E-state index is 0.458. The summed E-state index contributed by atoms with van der Waals surface area (Å²) in [6.45, 7) is 0. The molecule has 5 rings (SSSR count). The van der Waals surface area contributed by atoms with Gasteiger partial charge in [-0.2, -0.15) is 13.2 Å². The topological polar surface area (TPSA) is 38.6 Å². The van der Waals surface area contributed by atoms with Crippen LogP contribution in [0.4, 0.5) is 18.9 Å². The molecule has 1 N–H and O–H groups in total. The lowest BCUT2D eigenvalue weighted by Gasteiger charge is -2.11. The van der Waals surface area contributed by atoms with Crippen molar-refractivity contribution in [3.63, 3.8) is 0 Å². The predicted octanol–water partition coefficient (Wildman–Crippen LogP) is 7.93. The monoisotopic (exact) mass is 477 g/mol. The SMILES string of the molecule is FC(F)(F)c1cccc(SNc2cccc(Oc3ccn4cc(-c5ccccc5)nc4c3)c2)c1. The number of nitrogens with zero attached hydrogens (tertiary/aromatic N) is 2. The summed E-state index contributed by atoms with van der Waals surface area (Å²) in [6.07, 6.45) is -0.526. The van der Waals surface area contributed by atoms with Gasteiger partial charge in [-0.25, -0.2) is 4.98 Å². The third kappa shape index (κ3) is 5.02. The van der Waals surface area contributed by atoms with Crippen molar-refractivity contribution in [2.24, 2.45) is 0 Å². The normalized spacial score (nSPS) is 11.5. The molecule has 8 heteroatoms. The summed E-state index contributed by atoms with van der Waals surface area (Å²) in [4.78, 5) is 5.14. The zero-order valence-corrected chi connectivity index (χ0v) is 18.5. The van der Waals surface area contributed by atoms with Crippen LogP contribution in [0.25, 0.3) is 16.9 Å². The van der Waals surface area contributed by atoms with Crippen LogP contribution in [-0.2, 0) is 6.18 Å². The van der Waals surface area contributed by atoms with Crippen LogP contribution in [0.3, 0.4) is 0 Å². The van der Waals surface area contributed by atoms with Gasteiger partial charge in [0.1, 0.15) is 17.1 Å². The van der Waals surface area contributed by atoms with E-state index in [2.05, 4.69) is 9.71 Å². The van der Waals surface area contributed by atoms with Gasteiger partial charge in [0.25, 0.3) is 0 Å². The number of hydrogen-bond acceptors (Lipinski definition) is 4. The quantitative estimate of drug-likeness (QED) is 0.252. The Morgan fingerprint density at radius 2 is 1.62 bits per heavy atom. The molecule has 0 aliphatic rings. The van der Waals surface area contributed by atoms with E-state index >= 15 is 0 Å². The Balaban J connectivity index is 1.29. The van der Waals surface area contributed by atoms with Crippen molar-refractivity contribution < 1.29 is 17.9 Å². The Labute approximate surface area is 198 Å². The standard InChI is InChI=1S/C26H18F3N3OS/c27-26(28,29)19-8-4-11-23(14-19)34-31-20-9-5-10-21(15-20)33-22-12-13-32-17-24(30-25(32)16-22)18-6-2-1-3-7-18/h1-17,31H. The molecule has 0 unspecified atom stereocenters. The van der Waals surface area contributed by atoms with Gasteiger partial charge in [0.2, 0.25) is 0 Å². The van der Waals surface area contributed by atoms with Crippen molar-refractivity contribution in [3.8, 4) is 22.8 Å². The highest BCUT2D eigenvalue weighted by Gasteiger charge is 2.30. The number of anilines is 1. The fourth-order valence-corrected chi connectivity index (χ4v) is 4.08. The maximum absolute atomic E-state index is 12.9. The van der Waals surface area contributed by atoms with E-state index in [9.17, 15) is 13.2 Å². The number of alkyl halides is 3. The molecule has 0 saturated carbocycles. The third-order valence-corrected chi connectivity index (χ3v) is 5.85. The van der Waals surface area contributed by atoms with Crippen molar-refractivity contribution in [1.82, 2.24) is 9.38 Å². The van der Waals surface area contributed by atoms with Gasteiger partial charge >= 0.3 is 6.18 Å². The van der Waals surface area contributed by atoms with Gasteiger partial charge in [0, 0.05) is 40.7 Å². The molecule has 0 aliphatic heterocycles. The van der Waals surface area contributed by atoms with Crippen molar-refractivity contribution in [2.75, 3.05) is 4.72 Å². The molecule has 4 nitrogen and oxygen atoms in total. The van der Waals surface area contributed by atoms with Crippen LogP contribution in [-0.4, -0.2) is 9.38 Å². The lowest BCUT2D eigenvalue weighted by Crippen LogP contribution is -2.04. The van der Waals surface area contributed by atoms with Gasteiger partial charge in [-0.15, -0.1) is 0 Å². The van der Waals surface area contributed by atoms with Crippen molar-refractivity contribution >= 4 is 23.3 Å². The molecular weight excluding hydrogens is 459 g/mol. The van der Waals surface area contributed by atoms with Crippen LogP contribution < -0.4 is 9.46 Å². The molecule has 2 heterocycles. The minimum Gasteiger partial charge on any atom is -0.457 e. The fraction of sp³-hybridized carbons (Fsp3) is 0.0385. The number of pyridine rings is 1. The summed E-state index contributed by atoms with van der Waals surface area (Å²) in [5.74, 6) is 1.22. The molecule has 0 atom stereocenters. The summed E-state index contributed by atoms with van der Waals surface area (Å²) < 4.78 is 49.8. The molecule has 3 aromatic carbocycles. The maximum atomic E-state index is 12.9. The number of imidazole rings is 1. The van der Waals surface area contributed by atoms with Crippen LogP contribution in [0.5, 0.6) is 11.5 Å². The van der Waals surface area contributed by atoms with E-state index < -0.39 is 11.7 Å². The zero-order valence-electron chi connectivity index (χ0n) is 17.7. The molecule has 0 amide bonds. The summed E-state index contributed by atoms with van der Waals surface area (Å²) in [5.41, 5.74) is 2.68. The first-order valence-corrected chi connectivity index (χ1v) is 11.2. The summed E-state index contributed by atoms with van der Waals surface area (Å²) in [7, 11) is 0. The lowest BCUT2D eigenvalue weighted by molar-refractivity contribution is -0.137. The maximum Gasteiger partial charge on any atom is 0.416 e. The number of fused-ring (bicyclic) bond motifs is 1. The number of aromatic nitrogens is 2. The van der Waals surface area contributed by atoms with Gasteiger partial charge < -0.3 is 13.9 Å². The van der Waals surface area contributed by atoms with E-state index in [1.807, 2.05) is 77.5 Å². The molecule has 5 aromatic rings. The summed E-state index contributed by atoms with van der Waals surface area (Å²) in [5, 5.41) is 0. The molecule has 0 aliphatic carbocycles. The van der Waals surface area contributed by atoms with Crippen LogP contribution in [0.1, 0.15) is 5.56 Å². The van der Waals surface area contributed by atoms with E-state index in [4.69, 9.17) is 4.74 Å². The van der Waals surface area contributed by atoms with E-state index in [-0.39, 0.29) is 0 Å². The molecule has 170 valence electrons. The van der Waals surface area contributed by atoms with Gasteiger partial charge in [-0.3, -0.25) is 0 Å². The van der Waals surface area contributed by atoms with Crippen LogP contribution in [0.15, 0.2) is 108 Å². The van der Waals surface area contributed by atoms with Gasteiger partial charge in [0.15, 0.2) is 0 Å². The Morgan fingerprint density at radius 3 is 2.44 bits per heavy atom. The second kappa shape index (κ2) is 9.15. The van der Waals surface area contributed by atoms with Crippen LogP contribution >= 0.6 is 11.9 Å². The highest BCUT2D eigenvalue weighted by Crippen LogP contribution is 2.33. The number of halogens is 3.